The number of hydrogen-bond donors (Lipinski definition) is 2. The molecule has 2 N–H and O–H groups in total. The summed E-state index contributed by atoms with van der Waals surface area (Å²) in [6.45, 7) is 4.58. The predicted octanol–water partition coefficient (Wildman–Crippen LogP) is 1.76. The van der Waals surface area contributed by atoms with Gasteiger partial charge >= 0.3 is 0 Å². The van der Waals surface area contributed by atoms with E-state index >= 15 is 0 Å². The molecule has 0 aliphatic rings. The molecular formula is C12H16N4O2S2. The topological polar surface area (TPSA) is 84.0 Å². The van der Waals surface area contributed by atoms with E-state index in [1.54, 1.807) is 17.8 Å². The maximum absolute atomic E-state index is 12.3. The van der Waals surface area contributed by atoms with Crippen molar-refractivity contribution in [1.29, 1.82) is 0 Å². The van der Waals surface area contributed by atoms with Crippen LogP contribution in [-0.4, -0.2) is 24.9 Å². The molecule has 0 saturated heterocycles. The molecular weight excluding hydrogens is 296 g/mol. The van der Waals surface area contributed by atoms with Crippen molar-refractivity contribution in [3.05, 3.63) is 34.4 Å². The number of thiazole rings is 1. The van der Waals surface area contributed by atoms with Crippen LogP contribution in [0, 0.1) is 6.92 Å². The maximum atomic E-state index is 12.3. The molecule has 0 atom stereocenters. The molecule has 0 fully saturated rings. The van der Waals surface area contributed by atoms with Gasteiger partial charge in [0.1, 0.15) is 10.7 Å². The largest absolute Gasteiger partial charge is 0.369 e. The Morgan fingerprint density at radius 3 is 2.80 bits per heavy atom. The van der Waals surface area contributed by atoms with Crippen LogP contribution in [-0.2, 0) is 16.6 Å². The van der Waals surface area contributed by atoms with Gasteiger partial charge in [-0.1, -0.05) is 0 Å². The number of sulfonamides is 1. The number of hydrogen-bond acceptors (Lipinski definition) is 6. The van der Waals surface area contributed by atoms with Gasteiger partial charge in [-0.25, -0.2) is 23.1 Å². The summed E-state index contributed by atoms with van der Waals surface area (Å²) < 4.78 is 27.2. The van der Waals surface area contributed by atoms with E-state index in [-0.39, 0.29) is 11.4 Å². The first kappa shape index (κ1) is 14.9. The van der Waals surface area contributed by atoms with Crippen LogP contribution in [0.15, 0.2) is 28.7 Å². The quantitative estimate of drug-likeness (QED) is 0.849. The molecule has 0 unspecified atom stereocenters. The van der Waals surface area contributed by atoms with Gasteiger partial charge in [0, 0.05) is 24.2 Å². The van der Waals surface area contributed by atoms with E-state index < -0.39 is 10.0 Å². The van der Waals surface area contributed by atoms with Gasteiger partial charge in [0.05, 0.1) is 11.2 Å². The number of rotatable bonds is 6. The van der Waals surface area contributed by atoms with Crippen LogP contribution >= 0.6 is 11.3 Å². The molecule has 0 aliphatic carbocycles. The molecule has 0 aliphatic heterocycles. The average Bonchev–Trinajstić information content (AvgIpc) is 2.83. The molecule has 2 rings (SSSR count). The van der Waals surface area contributed by atoms with Crippen molar-refractivity contribution in [2.45, 2.75) is 25.3 Å². The van der Waals surface area contributed by atoms with Crippen molar-refractivity contribution in [1.82, 2.24) is 14.7 Å². The van der Waals surface area contributed by atoms with Gasteiger partial charge in [0.2, 0.25) is 10.0 Å². The van der Waals surface area contributed by atoms with E-state index in [0.29, 0.717) is 12.4 Å². The zero-order chi connectivity index (χ0) is 14.6. The zero-order valence-corrected chi connectivity index (χ0v) is 12.9. The molecule has 2 aromatic heterocycles. The monoisotopic (exact) mass is 312 g/mol. The number of nitrogens with zero attached hydrogens (tertiary/aromatic N) is 2. The van der Waals surface area contributed by atoms with Crippen LogP contribution in [0.5, 0.6) is 0 Å². The summed E-state index contributed by atoms with van der Waals surface area (Å²) in [5, 5.41) is 2.95. The summed E-state index contributed by atoms with van der Waals surface area (Å²) in [6, 6.07) is 3.14. The second kappa shape index (κ2) is 6.29. The van der Waals surface area contributed by atoms with Gasteiger partial charge in [0.25, 0.3) is 0 Å². The number of pyridine rings is 1. The van der Waals surface area contributed by atoms with Crippen molar-refractivity contribution >= 4 is 27.2 Å². The Morgan fingerprint density at radius 2 is 2.15 bits per heavy atom. The minimum atomic E-state index is -3.60. The zero-order valence-electron chi connectivity index (χ0n) is 11.3. The van der Waals surface area contributed by atoms with Gasteiger partial charge in [-0.3, -0.25) is 0 Å². The fourth-order valence-electron chi connectivity index (χ4n) is 1.64. The van der Waals surface area contributed by atoms with E-state index in [2.05, 4.69) is 20.0 Å². The molecule has 0 spiro atoms. The van der Waals surface area contributed by atoms with Crippen LogP contribution < -0.4 is 10.0 Å². The molecule has 0 saturated carbocycles. The highest BCUT2D eigenvalue weighted by molar-refractivity contribution is 7.89. The highest BCUT2D eigenvalue weighted by atomic mass is 32.2. The molecule has 8 heteroatoms. The molecule has 2 heterocycles. The summed E-state index contributed by atoms with van der Waals surface area (Å²) in [6.07, 6.45) is 1.56. The third kappa shape index (κ3) is 3.33. The summed E-state index contributed by atoms with van der Waals surface area (Å²) in [4.78, 5) is 9.21. The molecule has 108 valence electrons. The predicted molar refractivity (Wildman–Crippen MR) is 79.3 cm³/mol. The van der Waals surface area contributed by atoms with E-state index in [0.717, 1.165) is 10.6 Å². The van der Waals surface area contributed by atoms with Crippen molar-refractivity contribution in [2.24, 2.45) is 0 Å². The molecule has 6 nitrogen and oxygen atoms in total. The van der Waals surface area contributed by atoms with E-state index in [4.69, 9.17) is 0 Å². The lowest BCUT2D eigenvalue weighted by molar-refractivity contribution is 0.581. The molecule has 20 heavy (non-hydrogen) atoms. The molecule has 0 aromatic carbocycles. The van der Waals surface area contributed by atoms with Crippen LogP contribution in [0.2, 0.25) is 0 Å². The Bertz CT molecular complexity index is 682. The van der Waals surface area contributed by atoms with Crippen molar-refractivity contribution in [3.63, 3.8) is 0 Å². The minimum absolute atomic E-state index is 0.156. The van der Waals surface area contributed by atoms with Gasteiger partial charge in [0.15, 0.2) is 0 Å². The Balaban J connectivity index is 2.20. The number of anilines is 1. The first-order valence-corrected chi connectivity index (χ1v) is 8.48. The van der Waals surface area contributed by atoms with Crippen LogP contribution in [0.3, 0.4) is 0 Å². The van der Waals surface area contributed by atoms with Crippen LogP contribution in [0.25, 0.3) is 0 Å². The van der Waals surface area contributed by atoms with Gasteiger partial charge < -0.3 is 5.32 Å². The molecule has 2 aromatic rings. The third-order valence-electron chi connectivity index (χ3n) is 2.67. The van der Waals surface area contributed by atoms with Gasteiger partial charge in [-0.05, 0) is 26.0 Å². The van der Waals surface area contributed by atoms with Crippen molar-refractivity contribution < 1.29 is 8.42 Å². The van der Waals surface area contributed by atoms with E-state index in [1.807, 2.05) is 13.8 Å². The first-order valence-electron chi connectivity index (χ1n) is 6.12. The standard InChI is InChI=1S/C12H16N4O2S2/c1-3-13-12-11(5-4-6-14-12)20(17,18)16-7-10-9(2)15-8-19-10/h4-6,8,16H,3,7H2,1-2H3,(H,13,14). The number of aryl methyl sites for hydroxylation is 1. The summed E-state index contributed by atoms with van der Waals surface area (Å²) >= 11 is 1.43. The first-order chi connectivity index (χ1) is 9.54. The lowest BCUT2D eigenvalue weighted by atomic mass is 10.4. The van der Waals surface area contributed by atoms with E-state index in [9.17, 15) is 8.42 Å². The SMILES string of the molecule is CCNc1ncccc1S(=O)(=O)NCc1scnc1C. The second-order valence-electron chi connectivity index (χ2n) is 4.07. The summed E-state index contributed by atoms with van der Waals surface area (Å²) in [5.41, 5.74) is 2.54. The average molecular weight is 312 g/mol. The molecule has 0 amide bonds. The summed E-state index contributed by atoms with van der Waals surface area (Å²) in [5.74, 6) is 0.364. The molecule has 0 bridgehead atoms. The number of nitrogens with one attached hydrogen (secondary N) is 2. The van der Waals surface area contributed by atoms with E-state index in [1.165, 1.54) is 17.4 Å². The highest BCUT2D eigenvalue weighted by Gasteiger charge is 2.19. The minimum Gasteiger partial charge on any atom is -0.369 e. The highest BCUT2D eigenvalue weighted by Crippen LogP contribution is 2.19. The Kier molecular flexibility index (Phi) is 4.69. The Labute approximate surface area is 122 Å². The number of aromatic nitrogens is 2. The van der Waals surface area contributed by atoms with Gasteiger partial charge in [-0.15, -0.1) is 11.3 Å². The molecule has 0 radical (unpaired) electrons. The Hall–Kier alpha value is -1.51. The maximum Gasteiger partial charge on any atom is 0.244 e. The normalized spacial score (nSPS) is 11.5. The third-order valence-corrected chi connectivity index (χ3v) is 5.04. The van der Waals surface area contributed by atoms with Crippen LogP contribution in [0.4, 0.5) is 5.82 Å². The second-order valence-corrected chi connectivity index (χ2v) is 6.74. The fourth-order valence-corrected chi connectivity index (χ4v) is 3.58. The lowest BCUT2D eigenvalue weighted by Gasteiger charge is -2.10. The van der Waals surface area contributed by atoms with Crippen LogP contribution in [0.1, 0.15) is 17.5 Å². The van der Waals surface area contributed by atoms with Crippen molar-refractivity contribution in [2.75, 3.05) is 11.9 Å². The van der Waals surface area contributed by atoms with Gasteiger partial charge in [-0.2, -0.15) is 0 Å². The Morgan fingerprint density at radius 1 is 1.35 bits per heavy atom. The van der Waals surface area contributed by atoms with Crippen molar-refractivity contribution in [3.8, 4) is 0 Å². The lowest BCUT2D eigenvalue weighted by Crippen LogP contribution is -2.24. The smallest absolute Gasteiger partial charge is 0.244 e. The summed E-state index contributed by atoms with van der Waals surface area (Å²) in [7, 11) is -3.60. The fraction of sp³-hybridized carbons (Fsp3) is 0.333.